The van der Waals surface area contributed by atoms with E-state index < -0.39 is 41.1 Å². The van der Waals surface area contributed by atoms with E-state index in [1.54, 1.807) is 17.1 Å². The first kappa shape index (κ1) is 28.0. The van der Waals surface area contributed by atoms with Crippen LogP contribution >= 0.6 is 0 Å². The number of carbonyl (C=O) groups is 3. The number of aliphatic hydroxyl groups excluding tert-OH is 1. The van der Waals surface area contributed by atoms with E-state index in [1.165, 1.54) is 4.90 Å². The van der Waals surface area contributed by atoms with Crippen molar-refractivity contribution in [2.24, 2.45) is 17.8 Å². The zero-order valence-electron chi connectivity index (χ0n) is 22.8. The Bertz CT molecular complexity index is 1090. The van der Waals surface area contributed by atoms with Gasteiger partial charge in [0.2, 0.25) is 11.8 Å². The van der Waals surface area contributed by atoms with E-state index in [0.29, 0.717) is 24.9 Å². The Morgan fingerprint density at radius 1 is 1.26 bits per heavy atom. The Morgan fingerprint density at radius 3 is 2.53 bits per heavy atom. The Balaban J connectivity index is 1.87. The minimum Gasteiger partial charge on any atom is -0.465 e. The number of esters is 1. The minimum atomic E-state index is -1.22. The van der Waals surface area contributed by atoms with Crippen molar-refractivity contribution in [2.75, 3.05) is 19.8 Å². The largest absolute Gasteiger partial charge is 0.465 e. The molecule has 8 nitrogen and oxygen atoms in total. The molecule has 0 radical (unpaired) electrons. The van der Waals surface area contributed by atoms with Crippen LogP contribution in [-0.4, -0.2) is 75.7 Å². The fraction of sp³-hybridized carbons (Fsp3) is 0.567. The van der Waals surface area contributed by atoms with Crippen LogP contribution in [0.3, 0.4) is 0 Å². The van der Waals surface area contributed by atoms with Gasteiger partial charge in [0, 0.05) is 12.6 Å². The van der Waals surface area contributed by atoms with Gasteiger partial charge in [-0.3, -0.25) is 14.4 Å². The summed E-state index contributed by atoms with van der Waals surface area (Å²) in [7, 11) is 0. The number of amides is 2. The lowest BCUT2D eigenvalue weighted by Gasteiger charge is -2.40. The lowest BCUT2D eigenvalue weighted by atomic mass is 9.62. The molecule has 8 heteroatoms. The van der Waals surface area contributed by atoms with Gasteiger partial charge in [0.05, 0.1) is 30.8 Å². The zero-order chi connectivity index (χ0) is 27.8. The van der Waals surface area contributed by atoms with Crippen molar-refractivity contribution in [1.82, 2.24) is 9.80 Å². The van der Waals surface area contributed by atoms with Crippen molar-refractivity contribution in [3.8, 4) is 0 Å². The lowest BCUT2D eigenvalue weighted by Crippen LogP contribution is -2.58. The fourth-order valence-corrected chi connectivity index (χ4v) is 6.86. The van der Waals surface area contributed by atoms with Crippen molar-refractivity contribution < 1.29 is 29.0 Å². The van der Waals surface area contributed by atoms with E-state index >= 15 is 0 Å². The maximum atomic E-state index is 14.4. The highest BCUT2D eigenvalue weighted by molar-refractivity contribution is 5.99. The molecular formula is C30H40N2O6. The Hall–Kier alpha value is -2.97. The predicted octanol–water partition coefficient (Wildman–Crippen LogP) is 3.27. The summed E-state index contributed by atoms with van der Waals surface area (Å²) >= 11 is 0. The van der Waals surface area contributed by atoms with Crippen LogP contribution < -0.4 is 0 Å². The van der Waals surface area contributed by atoms with Crippen LogP contribution in [0.15, 0.2) is 55.6 Å². The van der Waals surface area contributed by atoms with Crippen molar-refractivity contribution in [3.05, 3.63) is 61.2 Å². The third-order valence-corrected chi connectivity index (χ3v) is 8.73. The molecular weight excluding hydrogens is 484 g/mol. The highest BCUT2D eigenvalue weighted by Crippen LogP contribution is 2.66. The maximum Gasteiger partial charge on any atom is 0.312 e. The Morgan fingerprint density at radius 2 is 1.95 bits per heavy atom. The number of aliphatic hydroxyl groups is 1. The fourth-order valence-electron chi connectivity index (χ4n) is 6.86. The van der Waals surface area contributed by atoms with Crippen LogP contribution in [-0.2, 0) is 23.9 Å². The molecule has 3 fully saturated rings. The van der Waals surface area contributed by atoms with Crippen LogP contribution in [0.5, 0.6) is 0 Å². The summed E-state index contributed by atoms with van der Waals surface area (Å²) in [6.07, 6.45) is 4.26. The number of hydrogen-bond donors (Lipinski definition) is 1. The SMILES string of the molecule is C=CCCOC(=O)[C@H]1[C@H]2C(=O)N([C@H](CO)c3ccccc3)C(C(=O)N(CC=C)C(C)C)C23CC(C)[C@]1(C)O3. The van der Waals surface area contributed by atoms with Gasteiger partial charge in [-0.1, -0.05) is 49.4 Å². The standard InChI is InChI=1S/C30H40N2O6/c1-7-9-16-37-28(36)24-23-26(34)32(22(18-33)21-13-11-10-12-14-21)25(27(35)31(15-8-2)19(3)4)30(23)17-20(5)29(24,6)38-30/h7-8,10-14,19-20,22-25,33H,1-2,9,15-18H2,3-6H3/t20?,22-,23+,24-,25?,29+,30?/m1/s1. The summed E-state index contributed by atoms with van der Waals surface area (Å²) in [5.41, 5.74) is -1.48. The number of carbonyl (C=O) groups excluding carboxylic acids is 3. The molecule has 0 aliphatic carbocycles. The van der Waals surface area contributed by atoms with Gasteiger partial charge in [-0.05, 0) is 45.1 Å². The highest BCUT2D eigenvalue weighted by Gasteiger charge is 2.80. The number of likely N-dealkylation sites (tertiary alicyclic amines) is 1. The van der Waals surface area contributed by atoms with Gasteiger partial charge >= 0.3 is 5.97 Å². The first-order valence-corrected chi connectivity index (χ1v) is 13.5. The molecule has 0 saturated carbocycles. The molecule has 0 aromatic heterocycles. The smallest absolute Gasteiger partial charge is 0.312 e. The molecule has 7 atom stereocenters. The molecule has 38 heavy (non-hydrogen) atoms. The zero-order valence-corrected chi connectivity index (χ0v) is 22.8. The quantitative estimate of drug-likeness (QED) is 0.271. The van der Waals surface area contributed by atoms with Gasteiger partial charge in [-0.2, -0.15) is 0 Å². The number of fused-ring (bicyclic) bond motifs is 1. The third-order valence-electron chi connectivity index (χ3n) is 8.73. The summed E-state index contributed by atoms with van der Waals surface area (Å²) in [5.74, 6) is -3.01. The molecule has 3 saturated heterocycles. The van der Waals surface area contributed by atoms with E-state index in [2.05, 4.69) is 13.2 Å². The Labute approximate surface area is 225 Å². The molecule has 206 valence electrons. The predicted molar refractivity (Wildman–Crippen MR) is 143 cm³/mol. The normalized spacial score (nSPS) is 32.3. The van der Waals surface area contributed by atoms with E-state index in [9.17, 15) is 19.5 Å². The molecule has 3 aliphatic heterocycles. The van der Waals surface area contributed by atoms with Crippen LogP contribution in [0.1, 0.15) is 52.1 Å². The highest BCUT2D eigenvalue weighted by atomic mass is 16.6. The van der Waals surface area contributed by atoms with Gasteiger partial charge in [-0.15, -0.1) is 13.2 Å². The number of hydrogen-bond acceptors (Lipinski definition) is 6. The monoisotopic (exact) mass is 524 g/mol. The van der Waals surface area contributed by atoms with E-state index in [0.717, 1.165) is 0 Å². The van der Waals surface area contributed by atoms with Crippen LogP contribution in [0.25, 0.3) is 0 Å². The molecule has 1 aromatic carbocycles. The molecule has 3 unspecified atom stereocenters. The summed E-state index contributed by atoms with van der Waals surface area (Å²) in [6.45, 7) is 15.2. The molecule has 4 rings (SSSR count). The summed E-state index contributed by atoms with van der Waals surface area (Å²) in [6, 6.07) is 7.21. The van der Waals surface area contributed by atoms with Crippen LogP contribution in [0.2, 0.25) is 0 Å². The van der Waals surface area contributed by atoms with Gasteiger partial charge in [-0.25, -0.2) is 0 Å². The van der Waals surface area contributed by atoms with Gasteiger partial charge < -0.3 is 24.4 Å². The first-order chi connectivity index (χ1) is 18.1. The van der Waals surface area contributed by atoms with Crippen molar-refractivity contribution in [3.63, 3.8) is 0 Å². The summed E-state index contributed by atoms with van der Waals surface area (Å²) < 4.78 is 12.4. The Kier molecular flexibility index (Phi) is 7.86. The minimum absolute atomic E-state index is 0.102. The second kappa shape index (κ2) is 10.7. The summed E-state index contributed by atoms with van der Waals surface area (Å²) in [4.78, 5) is 45.5. The average Bonchev–Trinajstić information content (AvgIpc) is 3.40. The van der Waals surface area contributed by atoms with Crippen molar-refractivity contribution in [1.29, 1.82) is 0 Å². The van der Waals surface area contributed by atoms with E-state index in [4.69, 9.17) is 9.47 Å². The molecule has 2 amide bonds. The van der Waals surface area contributed by atoms with Crippen LogP contribution in [0.4, 0.5) is 0 Å². The molecule has 2 bridgehead atoms. The van der Waals surface area contributed by atoms with E-state index in [-0.39, 0.29) is 37.0 Å². The topological polar surface area (TPSA) is 96.4 Å². The summed E-state index contributed by atoms with van der Waals surface area (Å²) in [5, 5.41) is 10.6. The maximum absolute atomic E-state index is 14.4. The number of rotatable bonds is 11. The second-order valence-corrected chi connectivity index (χ2v) is 11.2. The van der Waals surface area contributed by atoms with E-state index in [1.807, 2.05) is 58.0 Å². The van der Waals surface area contributed by atoms with Gasteiger partial charge in [0.25, 0.3) is 0 Å². The van der Waals surface area contributed by atoms with Gasteiger partial charge in [0.15, 0.2) is 0 Å². The average molecular weight is 525 g/mol. The number of ether oxygens (including phenoxy) is 2. The second-order valence-electron chi connectivity index (χ2n) is 11.2. The third kappa shape index (κ3) is 4.18. The molecule has 1 aromatic rings. The van der Waals surface area contributed by atoms with Crippen LogP contribution in [0, 0.1) is 17.8 Å². The molecule has 3 heterocycles. The van der Waals surface area contributed by atoms with Gasteiger partial charge in [0.1, 0.15) is 17.6 Å². The number of benzene rings is 1. The van der Waals surface area contributed by atoms with Crippen molar-refractivity contribution in [2.45, 2.75) is 69.9 Å². The molecule has 1 spiro atoms. The first-order valence-electron chi connectivity index (χ1n) is 13.5. The lowest BCUT2D eigenvalue weighted by molar-refractivity contribution is -0.164. The molecule has 1 N–H and O–H groups in total. The molecule has 3 aliphatic rings. The number of nitrogens with zero attached hydrogens (tertiary/aromatic N) is 2. The van der Waals surface area contributed by atoms with Crippen molar-refractivity contribution >= 4 is 17.8 Å².